The zero-order valence-electron chi connectivity index (χ0n) is 12.3. The fourth-order valence-electron chi connectivity index (χ4n) is 1.58. The summed E-state index contributed by atoms with van der Waals surface area (Å²) in [4.78, 5) is 21.9. The number of hydrogen-bond acceptors (Lipinski definition) is 6. The number of nitrogens with zero attached hydrogens (tertiary/aromatic N) is 5. The van der Waals surface area contributed by atoms with Crippen molar-refractivity contribution in [3.8, 4) is 5.95 Å². The molecule has 0 saturated heterocycles. The van der Waals surface area contributed by atoms with Crippen LogP contribution in [0.15, 0.2) is 24.8 Å². The molecule has 0 aliphatic heterocycles. The number of ether oxygens (including phenoxy) is 1. The van der Waals surface area contributed by atoms with Gasteiger partial charge in [-0.15, -0.1) is 0 Å². The van der Waals surface area contributed by atoms with E-state index in [1.165, 1.54) is 4.68 Å². The van der Waals surface area contributed by atoms with Gasteiger partial charge in [0.1, 0.15) is 0 Å². The molecule has 2 rings (SSSR count). The molecule has 0 aliphatic carbocycles. The molecule has 0 spiro atoms. The zero-order valence-corrected chi connectivity index (χ0v) is 12.3. The van der Waals surface area contributed by atoms with Crippen LogP contribution in [0.25, 0.3) is 5.95 Å². The van der Waals surface area contributed by atoms with Crippen LogP contribution in [-0.4, -0.2) is 53.5 Å². The lowest BCUT2D eigenvalue weighted by atomic mass is 10.4. The number of carbonyl (C=O) groups excluding carboxylic acids is 1. The molecular weight excluding hydrogens is 272 g/mol. The van der Waals surface area contributed by atoms with Crippen molar-refractivity contribution in [3.05, 3.63) is 24.8 Å². The third kappa shape index (κ3) is 3.99. The van der Waals surface area contributed by atoms with Crippen molar-refractivity contribution in [1.82, 2.24) is 19.7 Å². The summed E-state index contributed by atoms with van der Waals surface area (Å²) in [5.74, 6) is 0.318. The zero-order chi connectivity index (χ0) is 15.2. The van der Waals surface area contributed by atoms with Crippen molar-refractivity contribution in [1.29, 1.82) is 0 Å². The topological polar surface area (TPSA) is 85.2 Å². The molecule has 0 saturated carbocycles. The second-order valence-corrected chi connectivity index (χ2v) is 4.60. The summed E-state index contributed by atoms with van der Waals surface area (Å²) in [5, 5.41) is 6.86. The van der Waals surface area contributed by atoms with Gasteiger partial charge in [0.05, 0.1) is 49.2 Å². The maximum atomic E-state index is 11.6. The SMILES string of the molecule is COCCC(=O)Nc1cnn(-c2ncc(N(C)C)cn2)c1. The molecule has 0 atom stereocenters. The van der Waals surface area contributed by atoms with Crippen LogP contribution in [-0.2, 0) is 9.53 Å². The fraction of sp³-hybridized carbons (Fsp3) is 0.385. The van der Waals surface area contributed by atoms with Crippen LogP contribution in [0.4, 0.5) is 11.4 Å². The molecule has 21 heavy (non-hydrogen) atoms. The minimum Gasteiger partial charge on any atom is -0.384 e. The van der Waals surface area contributed by atoms with Crippen molar-refractivity contribution in [3.63, 3.8) is 0 Å². The number of amides is 1. The Morgan fingerprint density at radius 2 is 2.05 bits per heavy atom. The van der Waals surface area contributed by atoms with Crippen LogP contribution in [0.2, 0.25) is 0 Å². The van der Waals surface area contributed by atoms with Crippen molar-refractivity contribution < 1.29 is 9.53 Å². The minimum atomic E-state index is -0.125. The molecule has 8 nitrogen and oxygen atoms in total. The second kappa shape index (κ2) is 6.80. The number of methoxy groups -OCH3 is 1. The Morgan fingerprint density at radius 1 is 1.33 bits per heavy atom. The molecular formula is C13H18N6O2. The molecule has 0 radical (unpaired) electrons. The fourth-order valence-corrected chi connectivity index (χ4v) is 1.58. The van der Waals surface area contributed by atoms with Gasteiger partial charge in [0.15, 0.2) is 0 Å². The summed E-state index contributed by atoms with van der Waals surface area (Å²) in [6.07, 6.45) is 6.93. The van der Waals surface area contributed by atoms with Crippen molar-refractivity contribution >= 4 is 17.3 Å². The lowest BCUT2D eigenvalue weighted by Gasteiger charge is -2.10. The molecule has 112 valence electrons. The predicted molar refractivity (Wildman–Crippen MR) is 78.6 cm³/mol. The van der Waals surface area contributed by atoms with Gasteiger partial charge in [0.2, 0.25) is 5.91 Å². The Labute approximate surface area is 122 Å². The number of rotatable bonds is 6. The number of aromatic nitrogens is 4. The van der Waals surface area contributed by atoms with E-state index in [1.807, 2.05) is 19.0 Å². The maximum absolute atomic E-state index is 11.6. The molecule has 2 aromatic rings. The standard InChI is InChI=1S/C13H18N6O2/c1-18(2)11-7-14-13(15-8-11)19-9-10(6-16-19)17-12(20)4-5-21-3/h6-9H,4-5H2,1-3H3,(H,17,20). The predicted octanol–water partition coefficient (Wildman–Crippen LogP) is 0.703. The van der Waals surface area contributed by atoms with Crippen molar-refractivity contribution in [2.75, 3.05) is 38.0 Å². The number of carbonyl (C=O) groups is 1. The third-order valence-corrected chi connectivity index (χ3v) is 2.75. The molecule has 0 aliphatic rings. The molecule has 2 heterocycles. The van der Waals surface area contributed by atoms with E-state index in [2.05, 4.69) is 20.4 Å². The molecule has 2 aromatic heterocycles. The highest BCUT2D eigenvalue weighted by atomic mass is 16.5. The van der Waals surface area contributed by atoms with Crippen LogP contribution in [0.1, 0.15) is 6.42 Å². The molecule has 1 N–H and O–H groups in total. The normalized spacial score (nSPS) is 10.4. The Hall–Kier alpha value is -2.48. The van der Waals surface area contributed by atoms with Gasteiger partial charge in [-0.2, -0.15) is 5.10 Å². The highest BCUT2D eigenvalue weighted by Crippen LogP contribution is 2.11. The first-order chi connectivity index (χ1) is 10.1. The maximum Gasteiger partial charge on any atom is 0.250 e. The highest BCUT2D eigenvalue weighted by molar-refractivity contribution is 5.90. The van der Waals surface area contributed by atoms with E-state index in [0.717, 1.165) is 5.69 Å². The van der Waals surface area contributed by atoms with Gasteiger partial charge in [-0.05, 0) is 0 Å². The average molecular weight is 290 g/mol. The number of anilines is 2. The monoisotopic (exact) mass is 290 g/mol. The van der Waals surface area contributed by atoms with Gasteiger partial charge in [0.25, 0.3) is 5.95 Å². The second-order valence-electron chi connectivity index (χ2n) is 4.60. The molecule has 8 heteroatoms. The van der Waals surface area contributed by atoms with Crippen LogP contribution in [0.3, 0.4) is 0 Å². The van der Waals surface area contributed by atoms with E-state index in [-0.39, 0.29) is 5.91 Å². The Balaban J connectivity index is 2.03. The van der Waals surface area contributed by atoms with E-state index in [9.17, 15) is 4.79 Å². The van der Waals surface area contributed by atoms with Gasteiger partial charge in [-0.3, -0.25) is 4.79 Å². The lowest BCUT2D eigenvalue weighted by molar-refractivity contribution is -0.117. The first kappa shape index (κ1) is 14.9. The van der Waals surface area contributed by atoms with E-state index >= 15 is 0 Å². The van der Waals surface area contributed by atoms with E-state index in [4.69, 9.17) is 4.74 Å². The lowest BCUT2D eigenvalue weighted by Crippen LogP contribution is -2.13. The van der Waals surface area contributed by atoms with Crippen LogP contribution in [0.5, 0.6) is 0 Å². The molecule has 0 aromatic carbocycles. The Bertz CT molecular complexity index is 593. The first-order valence-corrected chi connectivity index (χ1v) is 6.43. The van der Waals surface area contributed by atoms with Crippen LogP contribution >= 0.6 is 0 Å². The summed E-state index contributed by atoms with van der Waals surface area (Å²) in [7, 11) is 5.39. The highest BCUT2D eigenvalue weighted by Gasteiger charge is 2.07. The smallest absolute Gasteiger partial charge is 0.250 e. The molecule has 0 bridgehead atoms. The summed E-state index contributed by atoms with van der Waals surface area (Å²) in [6, 6.07) is 0. The van der Waals surface area contributed by atoms with Gasteiger partial charge in [0, 0.05) is 21.2 Å². The van der Waals surface area contributed by atoms with Crippen LogP contribution < -0.4 is 10.2 Å². The van der Waals surface area contributed by atoms with Crippen LogP contribution in [0, 0.1) is 0 Å². The largest absolute Gasteiger partial charge is 0.384 e. The molecule has 0 fully saturated rings. The van der Waals surface area contributed by atoms with E-state index in [0.29, 0.717) is 24.7 Å². The number of hydrogen-bond donors (Lipinski definition) is 1. The van der Waals surface area contributed by atoms with E-state index < -0.39 is 0 Å². The summed E-state index contributed by atoms with van der Waals surface area (Å²) >= 11 is 0. The average Bonchev–Trinajstić information content (AvgIpc) is 2.93. The molecule has 1 amide bonds. The van der Waals surface area contributed by atoms with Crippen molar-refractivity contribution in [2.45, 2.75) is 6.42 Å². The van der Waals surface area contributed by atoms with E-state index in [1.54, 1.807) is 31.9 Å². The first-order valence-electron chi connectivity index (χ1n) is 6.43. The van der Waals surface area contributed by atoms with Gasteiger partial charge in [-0.25, -0.2) is 14.6 Å². The number of nitrogens with one attached hydrogen (secondary N) is 1. The quantitative estimate of drug-likeness (QED) is 0.843. The Kier molecular flexibility index (Phi) is 4.83. The van der Waals surface area contributed by atoms with Gasteiger partial charge in [-0.1, -0.05) is 0 Å². The Morgan fingerprint density at radius 3 is 2.67 bits per heavy atom. The minimum absolute atomic E-state index is 0.125. The third-order valence-electron chi connectivity index (χ3n) is 2.75. The molecule has 0 unspecified atom stereocenters. The van der Waals surface area contributed by atoms with Gasteiger partial charge < -0.3 is 15.0 Å². The van der Waals surface area contributed by atoms with Crippen molar-refractivity contribution in [2.24, 2.45) is 0 Å². The van der Waals surface area contributed by atoms with Gasteiger partial charge >= 0.3 is 0 Å². The summed E-state index contributed by atoms with van der Waals surface area (Å²) in [5.41, 5.74) is 1.50. The summed E-state index contributed by atoms with van der Waals surface area (Å²) in [6.45, 7) is 0.384. The summed E-state index contributed by atoms with van der Waals surface area (Å²) < 4.78 is 6.35.